The quantitative estimate of drug-likeness (QED) is 0.694. The molecule has 0 spiro atoms. The van der Waals surface area contributed by atoms with Crippen molar-refractivity contribution in [3.63, 3.8) is 0 Å². The van der Waals surface area contributed by atoms with E-state index in [1.54, 1.807) is 0 Å². The molecule has 0 radical (unpaired) electrons. The molecule has 1 N–H and O–H groups in total. The summed E-state index contributed by atoms with van der Waals surface area (Å²) in [7, 11) is 0. The average Bonchev–Trinajstić information content (AvgIpc) is 2.40. The molecule has 0 bridgehead atoms. The van der Waals surface area contributed by atoms with Crippen molar-refractivity contribution in [3.05, 3.63) is 0 Å². The third kappa shape index (κ3) is 8.02. The monoisotopic (exact) mass is 174 g/mol. The lowest BCUT2D eigenvalue weighted by Gasteiger charge is -1.95. The van der Waals surface area contributed by atoms with Crippen molar-refractivity contribution in [3.8, 4) is 0 Å². The Hall–Kier alpha value is -0.0800. The maximum absolute atomic E-state index is 8.24. The van der Waals surface area contributed by atoms with E-state index in [2.05, 4.69) is 20.8 Å². The van der Waals surface area contributed by atoms with E-state index in [-0.39, 0.29) is 0 Å². The predicted molar refractivity (Wildman–Crippen MR) is 51.1 cm³/mol. The fourth-order valence-electron chi connectivity index (χ4n) is 0.911. The van der Waals surface area contributed by atoms with Crippen LogP contribution in [0.15, 0.2) is 0 Å². The van der Waals surface area contributed by atoms with Gasteiger partial charge in [-0.2, -0.15) is 0 Å². The normalized spacial score (nSPS) is 22.2. The predicted octanol–water partition coefficient (Wildman–Crippen LogP) is 2.07. The summed E-state index contributed by atoms with van der Waals surface area (Å²) in [6, 6.07) is 0. The number of ether oxygens (including phenoxy) is 1. The van der Waals surface area contributed by atoms with Crippen LogP contribution in [0.2, 0.25) is 0 Å². The van der Waals surface area contributed by atoms with E-state index in [0.717, 1.165) is 25.6 Å². The first-order valence-corrected chi connectivity index (χ1v) is 4.85. The van der Waals surface area contributed by atoms with Crippen LogP contribution in [0.1, 0.15) is 33.6 Å². The highest BCUT2D eigenvalue weighted by molar-refractivity contribution is 4.55. The van der Waals surface area contributed by atoms with Crippen LogP contribution in [0.3, 0.4) is 0 Å². The number of rotatable bonds is 2. The van der Waals surface area contributed by atoms with Crippen LogP contribution in [0, 0.1) is 11.8 Å². The second-order valence-corrected chi connectivity index (χ2v) is 3.87. The van der Waals surface area contributed by atoms with Gasteiger partial charge < -0.3 is 9.84 Å². The second kappa shape index (κ2) is 7.56. The van der Waals surface area contributed by atoms with Gasteiger partial charge in [-0.05, 0) is 24.7 Å². The molecule has 1 atom stereocenters. The molecular formula is C10H22O2. The van der Waals surface area contributed by atoms with E-state index in [9.17, 15) is 0 Å². The Bertz CT molecular complexity index is 85.8. The first-order valence-electron chi connectivity index (χ1n) is 4.85. The molecular weight excluding hydrogens is 152 g/mol. The molecule has 0 saturated carbocycles. The van der Waals surface area contributed by atoms with Gasteiger partial charge in [0.15, 0.2) is 0 Å². The van der Waals surface area contributed by atoms with Crippen LogP contribution in [0.25, 0.3) is 0 Å². The molecule has 2 nitrogen and oxygen atoms in total. The van der Waals surface area contributed by atoms with Gasteiger partial charge >= 0.3 is 0 Å². The van der Waals surface area contributed by atoms with Crippen molar-refractivity contribution >= 4 is 0 Å². The maximum Gasteiger partial charge on any atom is 0.0492 e. The van der Waals surface area contributed by atoms with E-state index in [4.69, 9.17) is 9.84 Å². The highest BCUT2D eigenvalue weighted by Gasteiger charge is 2.07. The third-order valence-corrected chi connectivity index (χ3v) is 1.86. The van der Waals surface area contributed by atoms with Crippen LogP contribution >= 0.6 is 0 Å². The van der Waals surface area contributed by atoms with Crippen LogP contribution in [-0.4, -0.2) is 24.9 Å². The molecule has 1 saturated heterocycles. The Kier molecular flexibility index (Phi) is 7.51. The lowest BCUT2D eigenvalue weighted by Crippen LogP contribution is -1.89. The van der Waals surface area contributed by atoms with Gasteiger partial charge in [0.05, 0.1) is 0 Å². The zero-order chi connectivity index (χ0) is 9.40. The van der Waals surface area contributed by atoms with Crippen molar-refractivity contribution < 1.29 is 9.84 Å². The topological polar surface area (TPSA) is 29.5 Å². The first kappa shape index (κ1) is 11.9. The minimum absolute atomic E-state index is 0.331. The molecule has 0 aromatic heterocycles. The van der Waals surface area contributed by atoms with E-state index in [1.807, 2.05) is 0 Å². The van der Waals surface area contributed by atoms with Crippen LogP contribution in [-0.2, 0) is 4.74 Å². The maximum atomic E-state index is 8.24. The molecule has 0 aromatic carbocycles. The van der Waals surface area contributed by atoms with E-state index in [0.29, 0.717) is 12.5 Å². The number of hydrogen-bond acceptors (Lipinski definition) is 2. The summed E-state index contributed by atoms with van der Waals surface area (Å²) in [5.41, 5.74) is 0. The van der Waals surface area contributed by atoms with Crippen LogP contribution in [0.4, 0.5) is 0 Å². The summed E-state index contributed by atoms with van der Waals surface area (Å²) in [4.78, 5) is 0. The Labute approximate surface area is 75.9 Å². The molecule has 0 aromatic rings. The largest absolute Gasteiger partial charge is 0.396 e. The van der Waals surface area contributed by atoms with E-state index < -0.39 is 0 Å². The molecule has 0 amide bonds. The minimum Gasteiger partial charge on any atom is -0.396 e. The molecule has 1 unspecified atom stereocenters. The fourth-order valence-corrected chi connectivity index (χ4v) is 0.911. The summed E-state index contributed by atoms with van der Waals surface area (Å²) >= 11 is 0. The molecule has 0 aliphatic carbocycles. The highest BCUT2D eigenvalue weighted by atomic mass is 16.5. The number of aliphatic hydroxyl groups excluding tert-OH is 1. The smallest absolute Gasteiger partial charge is 0.0492 e. The molecule has 1 aliphatic heterocycles. The molecule has 1 aliphatic rings. The fraction of sp³-hybridized carbons (Fsp3) is 1.00. The Morgan fingerprint density at radius 1 is 1.50 bits per heavy atom. The Balaban J connectivity index is 0.000000202. The number of hydrogen-bond donors (Lipinski definition) is 1. The summed E-state index contributed by atoms with van der Waals surface area (Å²) in [6.45, 7) is 8.71. The van der Waals surface area contributed by atoms with Crippen molar-refractivity contribution in [1.82, 2.24) is 0 Å². The molecule has 1 fully saturated rings. The zero-order valence-electron chi connectivity index (χ0n) is 8.55. The lowest BCUT2D eigenvalue weighted by atomic mass is 10.2. The van der Waals surface area contributed by atoms with Crippen LogP contribution < -0.4 is 0 Å². The Morgan fingerprint density at radius 3 is 2.25 bits per heavy atom. The third-order valence-electron chi connectivity index (χ3n) is 1.86. The summed E-state index contributed by atoms with van der Waals surface area (Å²) < 4.78 is 5.06. The Morgan fingerprint density at radius 2 is 2.17 bits per heavy atom. The summed E-state index contributed by atoms with van der Waals surface area (Å²) in [6.07, 6.45) is 2.19. The summed E-state index contributed by atoms with van der Waals surface area (Å²) in [5, 5.41) is 8.24. The SMILES string of the molecule is CC(C)CCO.CC1CCOC1. The number of aliphatic hydroxyl groups is 1. The van der Waals surface area contributed by atoms with Gasteiger partial charge in [-0.1, -0.05) is 20.8 Å². The van der Waals surface area contributed by atoms with E-state index >= 15 is 0 Å². The van der Waals surface area contributed by atoms with Gasteiger partial charge in [-0.3, -0.25) is 0 Å². The van der Waals surface area contributed by atoms with Crippen LogP contribution in [0.5, 0.6) is 0 Å². The molecule has 12 heavy (non-hydrogen) atoms. The van der Waals surface area contributed by atoms with Gasteiger partial charge in [-0.15, -0.1) is 0 Å². The molecule has 1 heterocycles. The van der Waals surface area contributed by atoms with E-state index in [1.165, 1.54) is 6.42 Å². The minimum atomic E-state index is 0.331. The van der Waals surface area contributed by atoms with Gasteiger partial charge in [0.1, 0.15) is 0 Å². The molecule has 1 rings (SSSR count). The summed E-state index contributed by atoms with van der Waals surface area (Å²) in [5.74, 6) is 1.47. The van der Waals surface area contributed by atoms with Crippen molar-refractivity contribution in [1.29, 1.82) is 0 Å². The molecule has 2 heteroatoms. The molecule has 74 valence electrons. The standard InChI is InChI=1S/C5H10O.C5H12O/c1-5-2-3-6-4-5;1-5(2)3-4-6/h5H,2-4H2,1H3;5-6H,3-4H2,1-2H3. The van der Waals surface area contributed by atoms with Crippen molar-refractivity contribution in [2.45, 2.75) is 33.6 Å². The second-order valence-electron chi connectivity index (χ2n) is 3.87. The highest BCUT2D eigenvalue weighted by Crippen LogP contribution is 2.09. The van der Waals surface area contributed by atoms with Gasteiger partial charge in [0.25, 0.3) is 0 Å². The van der Waals surface area contributed by atoms with Crippen molar-refractivity contribution in [2.24, 2.45) is 11.8 Å². The lowest BCUT2D eigenvalue weighted by molar-refractivity contribution is 0.188. The van der Waals surface area contributed by atoms with Gasteiger partial charge in [0, 0.05) is 19.8 Å². The van der Waals surface area contributed by atoms with Gasteiger partial charge in [0.2, 0.25) is 0 Å². The van der Waals surface area contributed by atoms with Crippen molar-refractivity contribution in [2.75, 3.05) is 19.8 Å². The zero-order valence-corrected chi connectivity index (χ0v) is 8.55. The first-order chi connectivity index (χ1) is 5.66. The average molecular weight is 174 g/mol. The van der Waals surface area contributed by atoms with Gasteiger partial charge in [-0.25, -0.2) is 0 Å².